The van der Waals surface area contributed by atoms with Gasteiger partial charge in [0.1, 0.15) is 30.0 Å². The maximum absolute atomic E-state index is 12.5. The average Bonchev–Trinajstić information content (AvgIpc) is 2.88. The second-order valence-corrected chi connectivity index (χ2v) is 10.5. The van der Waals surface area contributed by atoms with E-state index in [1.807, 2.05) is 6.92 Å². The van der Waals surface area contributed by atoms with Crippen LogP contribution in [0.15, 0.2) is 24.0 Å². The maximum Gasteiger partial charge on any atom is 0.225 e. The zero-order valence-electron chi connectivity index (χ0n) is 23.5. The molecule has 10 nitrogen and oxygen atoms in total. The Hall–Kier alpha value is -3.21. The molecule has 11 heteroatoms. The predicted octanol–water partition coefficient (Wildman–Crippen LogP) is 3.70. The Morgan fingerprint density at radius 2 is 1.95 bits per heavy atom. The van der Waals surface area contributed by atoms with Crippen LogP contribution >= 0.6 is 11.6 Å². The van der Waals surface area contributed by atoms with Crippen molar-refractivity contribution >= 4 is 34.6 Å². The van der Waals surface area contributed by atoms with Crippen molar-refractivity contribution in [1.29, 1.82) is 5.41 Å². The molecular formula is C28H39ClN6O4. The van der Waals surface area contributed by atoms with Crippen LogP contribution in [0.1, 0.15) is 37.9 Å². The number of halogens is 1. The van der Waals surface area contributed by atoms with Gasteiger partial charge in [0.25, 0.3) is 0 Å². The summed E-state index contributed by atoms with van der Waals surface area (Å²) in [6.07, 6.45) is 0.700. The number of hydrogen-bond acceptors (Lipinski definition) is 9. The molecule has 4 N–H and O–H groups in total. The summed E-state index contributed by atoms with van der Waals surface area (Å²) in [5, 5.41) is 32.1. The van der Waals surface area contributed by atoms with Crippen LogP contribution in [0.5, 0.6) is 5.75 Å². The zero-order valence-corrected chi connectivity index (χ0v) is 24.3. The van der Waals surface area contributed by atoms with Gasteiger partial charge in [0.2, 0.25) is 5.91 Å². The number of nitrogens with one attached hydrogen (secondary N) is 2. The number of benzene rings is 1. The number of allylic oxidation sites excluding steroid dienone is 2. The number of ether oxygens (including phenoxy) is 1. The lowest BCUT2D eigenvalue weighted by Crippen LogP contribution is -2.40. The van der Waals surface area contributed by atoms with Gasteiger partial charge in [-0.25, -0.2) is 9.97 Å². The number of rotatable bonds is 10. The third-order valence-electron chi connectivity index (χ3n) is 6.74. The summed E-state index contributed by atoms with van der Waals surface area (Å²) in [5.74, 6) is 1.55. The Morgan fingerprint density at radius 3 is 2.51 bits per heavy atom. The molecule has 2 heterocycles. The first kappa shape index (κ1) is 30.3. The fourth-order valence-corrected chi connectivity index (χ4v) is 4.95. The highest BCUT2D eigenvalue weighted by Gasteiger charge is 2.29. The van der Waals surface area contributed by atoms with Crippen LogP contribution in [0, 0.1) is 18.3 Å². The maximum atomic E-state index is 12.5. The van der Waals surface area contributed by atoms with Crippen LogP contribution < -0.4 is 15.0 Å². The summed E-state index contributed by atoms with van der Waals surface area (Å²) in [4.78, 5) is 26.0. The van der Waals surface area contributed by atoms with Crippen molar-refractivity contribution in [1.82, 2.24) is 20.2 Å². The molecule has 0 saturated carbocycles. The van der Waals surface area contributed by atoms with Crippen molar-refractivity contribution < 1.29 is 19.7 Å². The van der Waals surface area contributed by atoms with E-state index in [9.17, 15) is 15.0 Å². The molecule has 2 aromatic rings. The lowest BCUT2D eigenvalue weighted by atomic mass is 9.94. The number of carbonyl (C=O) groups is 1. The Kier molecular flexibility index (Phi) is 10.3. The first-order chi connectivity index (χ1) is 18.4. The van der Waals surface area contributed by atoms with Gasteiger partial charge < -0.3 is 35.5 Å². The topological polar surface area (TPSA) is 135 Å². The molecule has 3 rings (SSSR count). The van der Waals surface area contributed by atoms with Crippen LogP contribution in [0.25, 0.3) is 17.0 Å². The summed E-state index contributed by atoms with van der Waals surface area (Å²) in [6, 6.07) is 5.12. The van der Waals surface area contributed by atoms with Gasteiger partial charge >= 0.3 is 0 Å². The van der Waals surface area contributed by atoms with E-state index < -0.39 is 6.10 Å². The summed E-state index contributed by atoms with van der Waals surface area (Å²) in [6.45, 7) is 6.75. The second kappa shape index (κ2) is 13.2. The first-order valence-corrected chi connectivity index (χ1v) is 13.4. The standard InChI is InChI=1S/C28H39ClN6O4/c1-16-25(24(17(2)30)18(3)36)32-26(22-13-21(7-8-23(22)29)39-15-20(37)14-31-4)33-27(16)35-11-9-19(10-12-35)28(38)34(5)6/h7-8,13,19-20,30-31,36-37H,9-12,14-15H2,1-6H3/b24-18+,30-17?/t20-/m1/s1. The van der Waals surface area contributed by atoms with Crippen molar-refractivity contribution in [3.8, 4) is 17.1 Å². The van der Waals surface area contributed by atoms with Crippen LogP contribution in [0.3, 0.4) is 0 Å². The SMILES string of the molecule is CNC[C@@H](O)COc1ccc(Cl)c(-c2nc(/C(C(C)=N)=C(\C)O)c(C)c(N3CCC(C(=O)N(C)C)CC3)n2)c1. The molecule has 1 aliphatic heterocycles. The molecule has 1 amide bonds. The molecule has 1 saturated heterocycles. The normalized spacial score (nSPS) is 15.5. The molecule has 1 atom stereocenters. The number of piperidine rings is 1. The Labute approximate surface area is 235 Å². The van der Waals surface area contributed by atoms with E-state index >= 15 is 0 Å². The third-order valence-corrected chi connectivity index (χ3v) is 7.07. The molecule has 1 aliphatic rings. The van der Waals surface area contributed by atoms with Gasteiger partial charge in [-0.05, 0) is 58.9 Å². The van der Waals surface area contributed by atoms with E-state index in [-0.39, 0.29) is 29.9 Å². The number of aliphatic hydroxyl groups is 2. The number of carbonyl (C=O) groups excluding carboxylic acids is 1. The molecule has 0 radical (unpaired) electrons. The van der Waals surface area contributed by atoms with Crippen LogP contribution in [0.4, 0.5) is 5.82 Å². The molecule has 0 aliphatic carbocycles. The van der Waals surface area contributed by atoms with E-state index in [1.54, 1.807) is 51.2 Å². The highest BCUT2D eigenvalue weighted by molar-refractivity contribution is 6.33. The van der Waals surface area contributed by atoms with Gasteiger partial charge in [0, 0.05) is 56.5 Å². The predicted molar refractivity (Wildman–Crippen MR) is 155 cm³/mol. The zero-order chi connectivity index (χ0) is 28.9. The van der Waals surface area contributed by atoms with Crippen molar-refractivity contribution in [3.05, 3.63) is 40.2 Å². The highest BCUT2D eigenvalue weighted by atomic mass is 35.5. The van der Waals surface area contributed by atoms with Crippen molar-refractivity contribution in [2.24, 2.45) is 5.92 Å². The number of amides is 1. The lowest BCUT2D eigenvalue weighted by Gasteiger charge is -2.34. The molecule has 212 valence electrons. The fraction of sp³-hybridized carbons (Fsp3) is 0.500. The Balaban J connectivity index is 2.07. The van der Waals surface area contributed by atoms with Crippen molar-refractivity contribution in [2.75, 3.05) is 52.3 Å². The number of hydrogen-bond donors (Lipinski definition) is 4. The van der Waals surface area contributed by atoms with Crippen LogP contribution in [0.2, 0.25) is 5.02 Å². The van der Waals surface area contributed by atoms with Gasteiger partial charge in [-0.3, -0.25) is 4.79 Å². The van der Waals surface area contributed by atoms with Crippen LogP contribution in [-0.2, 0) is 4.79 Å². The molecule has 39 heavy (non-hydrogen) atoms. The smallest absolute Gasteiger partial charge is 0.225 e. The quantitative estimate of drug-likeness (QED) is 0.256. The monoisotopic (exact) mass is 558 g/mol. The van der Waals surface area contributed by atoms with E-state index in [1.165, 1.54) is 6.92 Å². The summed E-state index contributed by atoms with van der Waals surface area (Å²) >= 11 is 6.61. The minimum Gasteiger partial charge on any atom is -0.512 e. The Morgan fingerprint density at radius 1 is 1.28 bits per heavy atom. The molecule has 0 spiro atoms. The molecule has 1 aromatic heterocycles. The number of aliphatic hydroxyl groups excluding tert-OH is 2. The minimum atomic E-state index is -0.680. The van der Waals surface area contributed by atoms with Gasteiger partial charge in [0.05, 0.1) is 16.3 Å². The van der Waals surface area contributed by atoms with E-state index in [2.05, 4.69) is 10.2 Å². The van der Waals surface area contributed by atoms with Gasteiger partial charge in [-0.15, -0.1) is 0 Å². The number of aromatic nitrogens is 2. The second-order valence-electron chi connectivity index (χ2n) is 10.1. The molecule has 0 bridgehead atoms. The van der Waals surface area contributed by atoms with E-state index in [0.29, 0.717) is 71.7 Å². The van der Waals surface area contributed by atoms with Crippen LogP contribution in [-0.4, -0.2) is 90.2 Å². The molecule has 0 unspecified atom stereocenters. The van der Waals surface area contributed by atoms with E-state index in [0.717, 1.165) is 5.56 Å². The largest absolute Gasteiger partial charge is 0.512 e. The lowest BCUT2D eigenvalue weighted by molar-refractivity contribution is -0.133. The summed E-state index contributed by atoms with van der Waals surface area (Å²) in [7, 11) is 5.30. The first-order valence-electron chi connectivity index (χ1n) is 13.0. The van der Waals surface area contributed by atoms with Gasteiger partial charge in [-0.1, -0.05) is 11.6 Å². The Bertz CT molecular complexity index is 1240. The minimum absolute atomic E-state index is 0.0156. The van der Waals surface area contributed by atoms with Crippen molar-refractivity contribution in [3.63, 3.8) is 0 Å². The number of nitrogens with zero attached hydrogens (tertiary/aromatic N) is 4. The van der Waals surface area contributed by atoms with Gasteiger partial charge in [-0.2, -0.15) is 0 Å². The number of likely N-dealkylation sites (N-methyl/N-ethyl adjacent to an activating group) is 1. The average molecular weight is 559 g/mol. The van der Waals surface area contributed by atoms with Crippen molar-refractivity contribution in [2.45, 2.75) is 39.7 Å². The van der Waals surface area contributed by atoms with Gasteiger partial charge in [0.15, 0.2) is 5.82 Å². The number of anilines is 1. The molecule has 1 fully saturated rings. The van der Waals surface area contributed by atoms with E-state index in [4.69, 9.17) is 31.7 Å². The fourth-order valence-electron chi connectivity index (χ4n) is 4.75. The summed E-state index contributed by atoms with van der Waals surface area (Å²) in [5.41, 5.74) is 2.19. The highest BCUT2D eigenvalue weighted by Crippen LogP contribution is 2.36. The molecule has 1 aromatic carbocycles. The molecular weight excluding hydrogens is 520 g/mol. The summed E-state index contributed by atoms with van der Waals surface area (Å²) < 4.78 is 5.78. The third kappa shape index (κ3) is 7.26.